The molecule has 1 aliphatic heterocycles. The number of halogens is 1. The number of aryl methyl sites for hydroxylation is 1. The van der Waals surface area contributed by atoms with Crippen molar-refractivity contribution < 1.29 is 9.53 Å². The van der Waals surface area contributed by atoms with Gasteiger partial charge in [-0.25, -0.2) is 14.3 Å². The predicted octanol–water partition coefficient (Wildman–Crippen LogP) is 6.70. The van der Waals surface area contributed by atoms with Gasteiger partial charge in [-0.2, -0.15) is 4.98 Å². The van der Waals surface area contributed by atoms with Gasteiger partial charge in [-0.15, -0.1) is 0 Å². The minimum atomic E-state index is -0.471. The van der Waals surface area contributed by atoms with Crippen LogP contribution in [0.5, 0.6) is 5.75 Å². The molecular weight excluding hydrogens is 600 g/mol. The Morgan fingerprint density at radius 1 is 1.07 bits per heavy atom. The lowest BCUT2D eigenvalue weighted by Crippen LogP contribution is -2.58. The van der Waals surface area contributed by atoms with Gasteiger partial charge in [0.05, 0.1) is 34.6 Å². The zero-order valence-electron chi connectivity index (χ0n) is 26.9. The van der Waals surface area contributed by atoms with Crippen molar-refractivity contribution in [2.75, 3.05) is 25.1 Å². The lowest BCUT2D eigenvalue weighted by atomic mass is 10.0. The molecular formula is C36H37ClN6O3. The molecule has 0 N–H and O–H groups in total. The number of nitrogens with zero attached hydrogens (tertiary/aromatic N) is 6. The third-order valence-corrected chi connectivity index (χ3v) is 9.06. The highest BCUT2D eigenvalue weighted by atomic mass is 35.5. The number of amides is 1. The van der Waals surface area contributed by atoms with E-state index >= 15 is 0 Å². The summed E-state index contributed by atoms with van der Waals surface area (Å²) in [6.07, 6.45) is 3.10. The number of carbonyl (C=O) groups is 1. The Bertz CT molecular complexity index is 2070. The van der Waals surface area contributed by atoms with Crippen LogP contribution in [-0.4, -0.2) is 62.6 Å². The first-order chi connectivity index (χ1) is 22.0. The molecule has 9 nitrogen and oxygen atoms in total. The highest BCUT2D eigenvalue weighted by molar-refractivity contribution is 6.34. The number of pyridine rings is 2. The number of methoxy groups -OCH3 is 1. The maximum atomic E-state index is 14.3. The summed E-state index contributed by atoms with van der Waals surface area (Å²) >= 11 is 7.13. The van der Waals surface area contributed by atoms with E-state index < -0.39 is 5.69 Å². The summed E-state index contributed by atoms with van der Waals surface area (Å²) in [5.41, 5.74) is 3.55. The van der Waals surface area contributed by atoms with Crippen LogP contribution in [0.4, 0.5) is 5.82 Å². The monoisotopic (exact) mass is 636 g/mol. The van der Waals surface area contributed by atoms with Crippen LogP contribution >= 0.6 is 11.6 Å². The summed E-state index contributed by atoms with van der Waals surface area (Å²) < 4.78 is 7.22. The molecule has 0 unspecified atom stereocenters. The van der Waals surface area contributed by atoms with Gasteiger partial charge in [0, 0.05) is 36.9 Å². The number of hydrogen-bond donors (Lipinski definition) is 0. The largest absolute Gasteiger partial charge is 0.497 e. The standard InChI is InChI=1S/C36H37ClN6O3/c1-8-30(44)41-18-23(6)42(19-22(41)5)34-28-17-29(37)32(27-16-25(46-7)15-24-11-9-10-12-26(24)27)39-35(28)43(36(45)40-34)33-21(4)13-14-38-31(33)20(2)3/h8-17,20,22-23H,1,18-19H2,2-7H3/t22-,23+/m1/s1. The van der Waals surface area contributed by atoms with E-state index in [4.69, 9.17) is 26.3 Å². The summed E-state index contributed by atoms with van der Waals surface area (Å²) in [7, 11) is 1.63. The zero-order chi connectivity index (χ0) is 32.9. The smallest absolute Gasteiger partial charge is 0.355 e. The quantitative estimate of drug-likeness (QED) is 0.191. The predicted molar refractivity (Wildman–Crippen MR) is 184 cm³/mol. The molecule has 0 bridgehead atoms. The summed E-state index contributed by atoms with van der Waals surface area (Å²) in [5.74, 6) is 1.05. The Morgan fingerprint density at radius 2 is 1.83 bits per heavy atom. The van der Waals surface area contributed by atoms with E-state index in [0.29, 0.717) is 52.1 Å². The van der Waals surface area contributed by atoms with Gasteiger partial charge in [0.15, 0.2) is 5.65 Å². The molecule has 1 aliphatic rings. The molecule has 236 valence electrons. The van der Waals surface area contributed by atoms with Gasteiger partial charge in [-0.05, 0) is 73.4 Å². The molecule has 5 aromatic rings. The van der Waals surface area contributed by atoms with E-state index in [2.05, 4.69) is 16.5 Å². The van der Waals surface area contributed by atoms with Gasteiger partial charge >= 0.3 is 5.69 Å². The Balaban J connectivity index is 1.68. The molecule has 0 radical (unpaired) electrons. The van der Waals surface area contributed by atoms with Crippen molar-refractivity contribution in [3.8, 4) is 22.7 Å². The van der Waals surface area contributed by atoms with Crippen LogP contribution in [0.3, 0.4) is 0 Å². The molecule has 2 atom stereocenters. The van der Waals surface area contributed by atoms with Crippen molar-refractivity contribution >= 4 is 45.1 Å². The zero-order valence-corrected chi connectivity index (χ0v) is 27.7. The molecule has 2 aromatic carbocycles. The topological polar surface area (TPSA) is 93.5 Å². The molecule has 46 heavy (non-hydrogen) atoms. The fraction of sp³-hybridized carbons (Fsp3) is 0.306. The second-order valence-electron chi connectivity index (χ2n) is 12.2. The Hall–Kier alpha value is -4.76. The van der Waals surface area contributed by atoms with E-state index in [0.717, 1.165) is 27.6 Å². The molecule has 6 rings (SSSR count). The normalized spacial score (nSPS) is 16.8. The first-order valence-electron chi connectivity index (χ1n) is 15.4. The second kappa shape index (κ2) is 12.2. The van der Waals surface area contributed by atoms with Crippen LogP contribution in [0.15, 0.2) is 72.2 Å². The number of benzene rings is 2. The van der Waals surface area contributed by atoms with Crippen molar-refractivity contribution in [1.29, 1.82) is 0 Å². The van der Waals surface area contributed by atoms with Crippen molar-refractivity contribution in [2.45, 2.75) is 52.6 Å². The highest BCUT2D eigenvalue weighted by Gasteiger charge is 2.34. The summed E-state index contributed by atoms with van der Waals surface area (Å²) in [6.45, 7) is 14.6. The van der Waals surface area contributed by atoms with Crippen molar-refractivity contribution in [3.63, 3.8) is 0 Å². The molecule has 1 fully saturated rings. The first kappa shape index (κ1) is 31.2. The maximum absolute atomic E-state index is 14.3. The fourth-order valence-electron chi connectivity index (χ4n) is 6.44. The van der Waals surface area contributed by atoms with Gasteiger partial charge < -0.3 is 14.5 Å². The summed E-state index contributed by atoms with van der Waals surface area (Å²) in [5, 5.41) is 2.96. The molecule has 3 aromatic heterocycles. The Labute approximate surface area is 273 Å². The molecule has 4 heterocycles. The van der Waals surface area contributed by atoms with Gasteiger partial charge in [0.1, 0.15) is 11.6 Å². The number of ether oxygens (including phenoxy) is 1. The van der Waals surface area contributed by atoms with Gasteiger partial charge in [0.25, 0.3) is 0 Å². The number of piperazine rings is 1. The number of fused-ring (bicyclic) bond motifs is 2. The molecule has 1 saturated heterocycles. The lowest BCUT2D eigenvalue weighted by Gasteiger charge is -2.44. The van der Waals surface area contributed by atoms with Crippen molar-refractivity contribution in [1.82, 2.24) is 24.4 Å². The van der Waals surface area contributed by atoms with Crippen LogP contribution < -0.4 is 15.3 Å². The minimum absolute atomic E-state index is 0.0296. The van der Waals surface area contributed by atoms with Crippen LogP contribution in [-0.2, 0) is 4.79 Å². The SMILES string of the molecule is C=CC(=O)N1C[C@H](C)N(c2nc(=O)n(-c3c(C)ccnc3C(C)C)c3nc(-c4cc(OC)cc5ccccc45)c(Cl)cc23)C[C@H]1C. The number of anilines is 1. The van der Waals surface area contributed by atoms with E-state index in [1.165, 1.54) is 6.08 Å². The average Bonchev–Trinajstić information content (AvgIpc) is 3.04. The van der Waals surface area contributed by atoms with E-state index in [1.807, 2.05) is 83.1 Å². The van der Waals surface area contributed by atoms with Crippen LogP contribution in [0.2, 0.25) is 5.02 Å². The minimum Gasteiger partial charge on any atom is -0.497 e. The number of hydrogen-bond acceptors (Lipinski definition) is 7. The molecule has 1 amide bonds. The number of rotatable bonds is 6. The Kier molecular flexibility index (Phi) is 8.29. The molecule has 10 heteroatoms. The highest BCUT2D eigenvalue weighted by Crippen LogP contribution is 2.39. The molecule has 0 saturated carbocycles. The van der Waals surface area contributed by atoms with Gasteiger partial charge in [-0.1, -0.05) is 56.3 Å². The summed E-state index contributed by atoms with van der Waals surface area (Å²) in [4.78, 5) is 45.3. The van der Waals surface area contributed by atoms with Gasteiger partial charge in [0.2, 0.25) is 5.91 Å². The molecule has 0 spiro atoms. The molecule has 0 aliphatic carbocycles. The third-order valence-electron chi connectivity index (χ3n) is 8.77. The lowest BCUT2D eigenvalue weighted by molar-refractivity contribution is -0.128. The summed E-state index contributed by atoms with van der Waals surface area (Å²) in [6, 6.07) is 15.3. The van der Waals surface area contributed by atoms with E-state index in [1.54, 1.807) is 22.8 Å². The average molecular weight is 637 g/mol. The van der Waals surface area contributed by atoms with Crippen LogP contribution in [0.1, 0.15) is 44.9 Å². The second-order valence-corrected chi connectivity index (χ2v) is 12.6. The number of aromatic nitrogens is 4. The van der Waals surface area contributed by atoms with Crippen LogP contribution in [0.25, 0.3) is 38.8 Å². The van der Waals surface area contributed by atoms with E-state index in [-0.39, 0.29) is 23.9 Å². The van der Waals surface area contributed by atoms with E-state index in [9.17, 15) is 9.59 Å². The first-order valence-corrected chi connectivity index (χ1v) is 15.8. The van der Waals surface area contributed by atoms with Crippen molar-refractivity contribution in [3.05, 3.63) is 94.1 Å². The fourth-order valence-corrected chi connectivity index (χ4v) is 6.70. The number of carbonyl (C=O) groups excluding carboxylic acids is 1. The van der Waals surface area contributed by atoms with Crippen LogP contribution in [0, 0.1) is 6.92 Å². The van der Waals surface area contributed by atoms with Gasteiger partial charge in [-0.3, -0.25) is 9.78 Å². The maximum Gasteiger partial charge on any atom is 0.355 e. The van der Waals surface area contributed by atoms with Crippen molar-refractivity contribution in [2.24, 2.45) is 0 Å². The Morgan fingerprint density at radius 3 is 2.54 bits per heavy atom. The third kappa shape index (κ3) is 5.28.